The quantitative estimate of drug-likeness (QED) is 0.528. The Hall–Kier alpha value is -3.33. The van der Waals surface area contributed by atoms with Crippen LogP contribution in [0.15, 0.2) is 30.6 Å². The number of aromatic nitrogens is 6. The molecule has 4 heterocycles. The number of nitrogens with one attached hydrogen (secondary N) is 1. The summed E-state index contributed by atoms with van der Waals surface area (Å²) in [7, 11) is 0. The molecule has 0 spiro atoms. The van der Waals surface area contributed by atoms with Gasteiger partial charge in [0.15, 0.2) is 5.65 Å². The number of hydrogen-bond donors (Lipinski definition) is 1. The van der Waals surface area contributed by atoms with E-state index in [1.54, 1.807) is 6.20 Å². The standard InChI is InChI=1S/C22H20F2N6O/c1-11-12(2)28-22-20(27-11)19(16-4-3-15(23)8-17(16)24)29-21(30-22)13-5-6-31-18(7-13)14-9-25-26-10-14/h3-4,8-10,13,18H,5-7H2,1-2H3,(H,25,26)/t13-,18-/m1/s1. The number of aromatic amines is 1. The molecule has 1 saturated heterocycles. The molecule has 0 radical (unpaired) electrons. The highest BCUT2D eigenvalue weighted by Crippen LogP contribution is 2.37. The predicted molar refractivity (Wildman–Crippen MR) is 109 cm³/mol. The first kappa shape index (κ1) is 19.6. The number of fused-ring (bicyclic) bond motifs is 1. The fraction of sp³-hybridized carbons (Fsp3) is 0.318. The van der Waals surface area contributed by atoms with Crippen LogP contribution in [0.3, 0.4) is 0 Å². The minimum atomic E-state index is -0.700. The zero-order valence-electron chi connectivity index (χ0n) is 17.1. The molecule has 0 aliphatic carbocycles. The molecule has 4 aromatic rings. The van der Waals surface area contributed by atoms with Gasteiger partial charge in [0, 0.05) is 35.9 Å². The average Bonchev–Trinajstić information content (AvgIpc) is 3.29. The Balaban J connectivity index is 1.64. The predicted octanol–water partition coefficient (Wildman–Crippen LogP) is 4.34. The van der Waals surface area contributed by atoms with Crippen molar-refractivity contribution in [3.8, 4) is 11.3 Å². The summed E-state index contributed by atoms with van der Waals surface area (Å²) in [6, 6.07) is 3.44. The van der Waals surface area contributed by atoms with Gasteiger partial charge in [0.2, 0.25) is 0 Å². The highest BCUT2D eigenvalue weighted by molar-refractivity contribution is 5.87. The second-order valence-corrected chi connectivity index (χ2v) is 7.73. The van der Waals surface area contributed by atoms with E-state index < -0.39 is 11.6 Å². The maximum absolute atomic E-state index is 14.7. The lowest BCUT2D eigenvalue weighted by atomic mass is 9.92. The Bertz CT molecular complexity index is 1260. The van der Waals surface area contributed by atoms with Crippen LogP contribution in [-0.2, 0) is 4.74 Å². The maximum atomic E-state index is 14.7. The van der Waals surface area contributed by atoms with E-state index in [0.717, 1.165) is 23.7 Å². The molecule has 0 amide bonds. The maximum Gasteiger partial charge on any atom is 0.182 e. The van der Waals surface area contributed by atoms with Crippen LogP contribution in [0, 0.1) is 25.5 Å². The van der Waals surface area contributed by atoms with Crippen LogP contribution >= 0.6 is 0 Å². The molecule has 3 aromatic heterocycles. The third-order valence-electron chi connectivity index (χ3n) is 5.69. The topological polar surface area (TPSA) is 89.5 Å². The van der Waals surface area contributed by atoms with Gasteiger partial charge in [-0.15, -0.1) is 0 Å². The Morgan fingerprint density at radius 3 is 2.68 bits per heavy atom. The van der Waals surface area contributed by atoms with Crippen molar-refractivity contribution < 1.29 is 13.5 Å². The molecule has 1 aromatic carbocycles. The van der Waals surface area contributed by atoms with Gasteiger partial charge >= 0.3 is 0 Å². The van der Waals surface area contributed by atoms with E-state index in [9.17, 15) is 8.78 Å². The van der Waals surface area contributed by atoms with Crippen molar-refractivity contribution >= 4 is 11.2 Å². The summed E-state index contributed by atoms with van der Waals surface area (Å²) < 4.78 is 34.1. The van der Waals surface area contributed by atoms with E-state index in [0.29, 0.717) is 41.4 Å². The van der Waals surface area contributed by atoms with E-state index >= 15 is 0 Å². The smallest absolute Gasteiger partial charge is 0.182 e. The molecule has 0 bridgehead atoms. The Kier molecular flexibility index (Phi) is 4.90. The highest BCUT2D eigenvalue weighted by atomic mass is 19.1. The van der Waals surface area contributed by atoms with Crippen LogP contribution in [0.2, 0.25) is 0 Å². The van der Waals surface area contributed by atoms with E-state index in [1.165, 1.54) is 12.1 Å². The first-order valence-corrected chi connectivity index (χ1v) is 10.1. The van der Waals surface area contributed by atoms with Gasteiger partial charge in [-0.3, -0.25) is 5.10 Å². The number of H-pyrrole nitrogens is 1. The monoisotopic (exact) mass is 422 g/mol. The van der Waals surface area contributed by atoms with Gasteiger partial charge in [-0.05, 0) is 38.8 Å². The van der Waals surface area contributed by atoms with Gasteiger partial charge < -0.3 is 4.74 Å². The number of ether oxygens (including phenoxy) is 1. The Morgan fingerprint density at radius 1 is 1.06 bits per heavy atom. The van der Waals surface area contributed by atoms with E-state index in [2.05, 4.69) is 25.1 Å². The summed E-state index contributed by atoms with van der Waals surface area (Å²) in [4.78, 5) is 18.6. The second-order valence-electron chi connectivity index (χ2n) is 7.73. The first-order valence-electron chi connectivity index (χ1n) is 10.1. The molecular formula is C22H20F2N6O. The summed E-state index contributed by atoms with van der Waals surface area (Å²) >= 11 is 0. The van der Waals surface area contributed by atoms with Gasteiger partial charge in [0.1, 0.15) is 28.7 Å². The van der Waals surface area contributed by atoms with Crippen LogP contribution in [-0.4, -0.2) is 36.7 Å². The first-order chi connectivity index (χ1) is 15.0. The number of hydrogen-bond acceptors (Lipinski definition) is 6. The molecule has 31 heavy (non-hydrogen) atoms. The Labute approximate surface area is 176 Å². The number of aryl methyl sites for hydroxylation is 2. The summed E-state index contributed by atoms with van der Waals surface area (Å²) in [6.07, 6.45) is 4.81. The van der Waals surface area contributed by atoms with E-state index in [1.807, 2.05) is 20.0 Å². The number of benzene rings is 1. The van der Waals surface area contributed by atoms with Crippen molar-refractivity contribution in [1.82, 2.24) is 30.1 Å². The molecule has 1 aliphatic heterocycles. The summed E-state index contributed by atoms with van der Waals surface area (Å²) in [6.45, 7) is 4.22. The van der Waals surface area contributed by atoms with Gasteiger partial charge in [0.05, 0.1) is 23.7 Å². The van der Waals surface area contributed by atoms with Crippen LogP contribution in [0.5, 0.6) is 0 Å². The van der Waals surface area contributed by atoms with Gasteiger partial charge in [-0.25, -0.2) is 28.7 Å². The third-order valence-corrected chi connectivity index (χ3v) is 5.69. The van der Waals surface area contributed by atoms with Gasteiger partial charge in [0.25, 0.3) is 0 Å². The molecule has 158 valence electrons. The number of nitrogens with zero attached hydrogens (tertiary/aromatic N) is 5. The van der Waals surface area contributed by atoms with Crippen molar-refractivity contribution in [1.29, 1.82) is 0 Å². The minimum Gasteiger partial charge on any atom is -0.373 e. The van der Waals surface area contributed by atoms with E-state index in [4.69, 9.17) is 9.72 Å². The van der Waals surface area contributed by atoms with E-state index in [-0.39, 0.29) is 17.6 Å². The average molecular weight is 422 g/mol. The van der Waals surface area contributed by atoms with Gasteiger partial charge in [-0.2, -0.15) is 5.10 Å². The van der Waals surface area contributed by atoms with Crippen LogP contribution in [0.25, 0.3) is 22.4 Å². The van der Waals surface area contributed by atoms with Crippen molar-refractivity contribution in [3.05, 3.63) is 65.0 Å². The van der Waals surface area contributed by atoms with Crippen LogP contribution < -0.4 is 0 Å². The molecule has 7 nitrogen and oxygen atoms in total. The van der Waals surface area contributed by atoms with Crippen LogP contribution in [0.4, 0.5) is 8.78 Å². The summed E-state index contributed by atoms with van der Waals surface area (Å²) in [5, 5.41) is 6.80. The highest BCUT2D eigenvalue weighted by Gasteiger charge is 2.29. The molecule has 1 aliphatic rings. The normalized spacial score (nSPS) is 19.1. The fourth-order valence-corrected chi connectivity index (χ4v) is 3.88. The zero-order chi connectivity index (χ0) is 21.5. The molecule has 0 saturated carbocycles. The van der Waals surface area contributed by atoms with Crippen molar-refractivity contribution in [3.63, 3.8) is 0 Å². The number of rotatable bonds is 3. The van der Waals surface area contributed by atoms with Crippen molar-refractivity contribution in [2.45, 2.75) is 38.7 Å². The molecule has 9 heteroatoms. The van der Waals surface area contributed by atoms with Crippen LogP contribution in [0.1, 0.15) is 47.6 Å². The lowest BCUT2D eigenvalue weighted by molar-refractivity contribution is 0.00403. The Morgan fingerprint density at radius 2 is 1.90 bits per heavy atom. The fourth-order valence-electron chi connectivity index (χ4n) is 3.88. The summed E-state index contributed by atoms with van der Waals surface area (Å²) in [5.41, 5.74) is 3.70. The van der Waals surface area contributed by atoms with Gasteiger partial charge in [-0.1, -0.05) is 0 Å². The molecule has 2 atom stereocenters. The lowest BCUT2D eigenvalue weighted by Crippen LogP contribution is -2.20. The SMILES string of the molecule is Cc1nc2nc([C@@H]3CCO[C@@H](c4cn[nH]c4)C3)nc(-c3ccc(F)cc3F)c2nc1C. The molecule has 1 fully saturated rings. The lowest BCUT2D eigenvalue weighted by Gasteiger charge is -2.28. The zero-order valence-corrected chi connectivity index (χ0v) is 17.1. The molecule has 0 unspecified atom stereocenters. The largest absolute Gasteiger partial charge is 0.373 e. The number of halogens is 2. The molecular weight excluding hydrogens is 402 g/mol. The minimum absolute atomic E-state index is 0.0104. The second kappa shape index (κ2) is 7.73. The van der Waals surface area contributed by atoms with Crippen molar-refractivity contribution in [2.75, 3.05) is 6.61 Å². The molecule has 1 N–H and O–H groups in total. The summed E-state index contributed by atoms with van der Waals surface area (Å²) in [5.74, 6) is -0.802. The van der Waals surface area contributed by atoms with Crippen molar-refractivity contribution in [2.24, 2.45) is 0 Å². The third kappa shape index (κ3) is 3.65. The molecule has 5 rings (SSSR count).